The fourth-order valence-electron chi connectivity index (χ4n) is 3.97. The van der Waals surface area contributed by atoms with Crippen LogP contribution in [0, 0.1) is 11.8 Å². The SMILES string of the molecule is CCN(CC)CC1CCN(CC(O)CN2CCC(C)CC2)C1. The van der Waals surface area contributed by atoms with Crippen LogP contribution in [-0.2, 0) is 0 Å². The highest BCUT2D eigenvalue weighted by Crippen LogP contribution is 2.19. The molecule has 0 saturated carbocycles. The Morgan fingerprint density at radius 3 is 2.23 bits per heavy atom. The van der Waals surface area contributed by atoms with E-state index in [2.05, 4.69) is 35.5 Å². The van der Waals surface area contributed by atoms with Crippen LogP contribution in [0.3, 0.4) is 0 Å². The van der Waals surface area contributed by atoms with Crippen molar-refractivity contribution < 1.29 is 5.11 Å². The fourth-order valence-corrected chi connectivity index (χ4v) is 3.97. The molecule has 0 aliphatic carbocycles. The Morgan fingerprint density at radius 1 is 1.00 bits per heavy atom. The Bertz CT molecular complexity index is 301. The largest absolute Gasteiger partial charge is 0.390 e. The highest BCUT2D eigenvalue weighted by Gasteiger charge is 2.26. The first-order valence-electron chi connectivity index (χ1n) is 9.45. The summed E-state index contributed by atoms with van der Waals surface area (Å²) < 4.78 is 0. The van der Waals surface area contributed by atoms with E-state index in [0.29, 0.717) is 0 Å². The molecule has 2 rings (SSSR count). The van der Waals surface area contributed by atoms with Gasteiger partial charge in [0, 0.05) is 26.2 Å². The normalized spacial score (nSPS) is 26.9. The van der Waals surface area contributed by atoms with Gasteiger partial charge in [0.25, 0.3) is 0 Å². The molecular weight excluding hydrogens is 274 g/mol. The Hall–Kier alpha value is -0.160. The molecule has 2 heterocycles. The lowest BCUT2D eigenvalue weighted by atomic mass is 9.99. The van der Waals surface area contributed by atoms with E-state index in [0.717, 1.165) is 38.0 Å². The molecule has 2 aliphatic rings. The minimum absolute atomic E-state index is 0.180. The molecule has 2 saturated heterocycles. The van der Waals surface area contributed by atoms with Crippen LogP contribution in [0.15, 0.2) is 0 Å². The van der Waals surface area contributed by atoms with Gasteiger partial charge in [0.2, 0.25) is 0 Å². The minimum Gasteiger partial charge on any atom is -0.390 e. The minimum atomic E-state index is -0.180. The zero-order valence-corrected chi connectivity index (χ0v) is 15.0. The van der Waals surface area contributed by atoms with Gasteiger partial charge in [-0.2, -0.15) is 0 Å². The summed E-state index contributed by atoms with van der Waals surface area (Å²) in [5.74, 6) is 1.66. The number of hydrogen-bond acceptors (Lipinski definition) is 4. The first kappa shape index (κ1) is 18.2. The van der Waals surface area contributed by atoms with E-state index in [9.17, 15) is 5.11 Å². The van der Waals surface area contributed by atoms with Crippen LogP contribution in [0.4, 0.5) is 0 Å². The average molecular weight is 312 g/mol. The van der Waals surface area contributed by atoms with Gasteiger partial charge in [0.05, 0.1) is 6.10 Å². The number of piperidine rings is 1. The molecule has 22 heavy (non-hydrogen) atoms. The number of nitrogens with zero attached hydrogens (tertiary/aromatic N) is 3. The zero-order valence-electron chi connectivity index (χ0n) is 15.0. The Labute approximate surface area is 137 Å². The maximum Gasteiger partial charge on any atom is 0.0793 e. The summed E-state index contributed by atoms with van der Waals surface area (Å²) in [7, 11) is 0. The molecule has 0 bridgehead atoms. The van der Waals surface area contributed by atoms with Crippen molar-refractivity contribution in [2.24, 2.45) is 11.8 Å². The summed E-state index contributed by atoms with van der Waals surface area (Å²) in [4.78, 5) is 7.46. The molecule has 4 nitrogen and oxygen atoms in total. The van der Waals surface area contributed by atoms with Crippen molar-refractivity contribution in [3.8, 4) is 0 Å². The molecule has 2 aliphatic heterocycles. The monoisotopic (exact) mass is 311 g/mol. The molecule has 0 aromatic carbocycles. The maximum absolute atomic E-state index is 10.4. The van der Waals surface area contributed by atoms with Gasteiger partial charge in [-0.1, -0.05) is 20.8 Å². The maximum atomic E-state index is 10.4. The standard InChI is InChI=1S/C18H37N3O/c1-4-19(5-2)12-17-8-11-21(13-17)15-18(22)14-20-9-6-16(3)7-10-20/h16-18,22H,4-15H2,1-3H3. The molecule has 0 spiro atoms. The van der Waals surface area contributed by atoms with Crippen molar-refractivity contribution in [2.75, 3.05) is 58.9 Å². The van der Waals surface area contributed by atoms with Gasteiger partial charge in [0.15, 0.2) is 0 Å². The Morgan fingerprint density at radius 2 is 1.59 bits per heavy atom. The van der Waals surface area contributed by atoms with E-state index in [4.69, 9.17) is 0 Å². The van der Waals surface area contributed by atoms with Gasteiger partial charge >= 0.3 is 0 Å². The Balaban J connectivity index is 1.64. The van der Waals surface area contributed by atoms with Crippen molar-refractivity contribution in [1.82, 2.24) is 14.7 Å². The summed E-state index contributed by atoms with van der Waals surface area (Å²) in [6.45, 7) is 16.8. The molecule has 4 heteroatoms. The Kier molecular flexibility index (Phi) is 7.61. The van der Waals surface area contributed by atoms with E-state index in [-0.39, 0.29) is 6.10 Å². The van der Waals surface area contributed by atoms with Gasteiger partial charge in [-0.05, 0) is 63.8 Å². The van der Waals surface area contributed by atoms with Crippen molar-refractivity contribution in [3.05, 3.63) is 0 Å². The van der Waals surface area contributed by atoms with Gasteiger partial charge in [-0.3, -0.25) is 0 Å². The van der Waals surface area contributed by atoms with E-state index >= 15 is 0 Å². The molecule has 0 aromatic heterocycles. The van der Waals surface area contributed by atoms with Crippen molar-refractivity contribution >= 4 is 0 Å². The lowest BCUT2D eigenvalue weighted by Gasteiger charge is -2.32. The van der Waals surface area contributed by atoms with Crippen molar-refractivity contribution in [2.45, 2.75) is 46.1 Å². The van der Waals surface area contributed by atoms with E-state index < -0.39 is 0 Å². The quantitative estimate of drug-likeness (QED) is 0.739. The number of hydrogen-bond donors (Lipinski definition) is 1. The molecular formula is C18H37N3O. The lowest BCUT2D eigenvalue weighted by molar-refractivity contribution is 0.0660. The number of β-amino-alcohol motifs (C(OH)–C–C–N with tert-alkyl or cyclic N) is 1. The predicted molar refractivity (Wildman–Crippen MR) is 93.2 cm³/mol. The van der Waals surface area contributed by atoms with Gasteiger partial charge in [-0.15, -0.1) is 0 Å². The first-order chi connectivity index (χ1) is 10.6. The highest BCUT2D eigenvalue weighted by atomic mass is 16.3. The van der Waals surface area contributed by atoms with Crippen LogP contribution in [0.1, 0.15) is 40.0 Å². The summed E-state index contributed by atoms with van der Waals surface area (Å²) in [5, 5.41) is 10.4. The molecule has 1 N–H and O–H groups in total. The molecule has 0 amide bonds. The second-order valence-electron chi connectivity index (χ2n) is 7.54. The number of aliphatic hydroxyl groups excluding tert-OH is 1. The van der Waals surface area contributed by atoms with E-state index in [1.54, 1.807) is 0 Å². The summed E-state index contributed by atoms with van der Waals surface area (Å²) in [6.07, 6.45) is 3.70. The fraction of sp³-hybridized carbons (Fsp3) is 1.00. The molecule has 2 atom stereocenters. The summed E-state index contributed by atoms with van der Waals surface area (Å²) >= 11 is 0. The van der Waals surface area contributed by atoms with Crippen LogP contribution in [-0.4, -0.2) is 84.8 Å². The van der Waals surface area contributed by atoms with E-state index in [1.165, 1.54) is 52.0 Å². The highest BCUT2D eigenvalue weighted by molar-refractivity contribution is 4.81. The van der Waals surface area contributed by atoms with Gasteiger partial charge < -0.3 is 19.8 Å². The van der Waals surface area contributed by atoms with Crippen LogP contribution >= 0.6 is 0 Å². The average Bonchev–Trinajstić information content (AvgIpc) is 2.94. The zero-order chi connectivity index (χ0) is 15.9. The van der Waals surface area contributed by atoms with Gasteiger partial charge in [-0.25, -0.2) is 0 Å². The van der Waals surface area contributed by atoms with Crippen molar-refractivity contribution in [1.29, 1.82) is 0 Å². The van der Waals surface area contributed by atoms with Crippen LogP contribution < -0.4 is 0 Å². The van der Waals surface area contributed by atoms with Crippen LogP contribution in [0.2, 0.25) is 0 Å². The second kappa shape index (κ2) is 9.21. The number of aliphatic hydroxyl groups is 1. The third kappa shape index (κ3) is 5.80. The van der Waals surface area contributed by atoms with Crippen LogP contribution in [0.5, 0.6) is 0 Å². The molecule has 130 valence electrons. The third-order valence-corrected chi connectivity index (χ3v) is 5.59. The molecule has 2 fully saturated rings. The number of rotatable bonds is 8. The lowest BCUT2D eigenvalue weighted by Crippen LogP contribution is -2.42. The molecule has 2 unspecified atom stereocenters. The summed E-state index contributed by atoms with van der Waals surface area (Å²) in [6, 6.07) is 0. The second-order valence-corrected chi connectivity index (χ2v) is 7.54. The molecule has 0 aromatic rings. The van der Waals surface area contributed by atoms with Crippen molar-refractivity contribution in [3.63, 3.8) is 0 Å². The van der Waals surface area contributed by atoms with Gasteiger partial charge in [0.1, 0.15) is 0 Å². The molecule has 0 radical (unpaired) electrons. The first-order valence-corrected chi connectivity index (χ1v) is 9.45. The predicted octanol–water partition coefficient (Wildman–Crippen LogP) is 1.74. The smallest absolute Gasteiger partial charge is 0.0793 e. The number of likely N-dealkylation sites (tertiary alicyclic amines) is 2. The third-order valence-electron chi connectivity index (χ3n) is 5.59. The summed E-state index contributed by atoms with van der Waals surface area (Å²) in [5.41, 5.74) is 0. The van der Waals surface area contributed by atoms with E-state index in [1.807, 2.05) is 0 Å². The topological polar surface area (TPSA) is 30.0 Å². The van der Waals surface area contributed by atoms with Crippen LogP contribution in [0.25, 0.3) is 0 Å².